The van der Waals surface area contributed by atoms with Crippen molar-refractivity contribution in [2.75, 3.05) is 5.75 Å². The molecule has 0 aliphatic rings. The summed E-state index contributed by atoms with van der Waals surface area (Å²) in [6.07, 6.45) is 0. The summed E-state index contributed by atoms with van der Waals surface area (Å²) in [4.78, 5) is 32.3. The summed E-state index contributed by atoms with van der Waals surface area (Å²) in [6.45, 7) is 0. The van der Waals surface area contributed by atoms with Crippen LogP contribution in [0.4, 0.5) is 10.1 Å². The number of nitrogens with zero attached hydrogens (tertiary/aromatic N) is 5. The maximum absolute atomic E-state index is 13.1. The molecule has 0 atom stereocenters. The summed E-state index contributed by atoms with van der Waals surface area (Å²) in [6, 6.07) is 18.8. The SMILES string of the molecule is O=C(CSc1nc2ccccc2c2nc(-c3ccc([N+](=O)[O-])cc3)nn12)c1ccc(F)cc1. The van der Waals surface area contributed by atoms with Crippen LogP contribution in [-0.4, -0.2) is 36.0 Å². The maximum Gasteiger partial charge on any atom is 0.269 e. The van der Waals surface area contributed by atoms with Gasteiger partial charge in [0.1, 0.15) is 5.82 Å². The second-order valence-electron chi connectivity index (χ2n) is 7.11. The van der Waals surface area contributed by atoms with Crippen molar-refractivity contribution in [3.05, 3.63) is 94.3 Å². The minimum Gasteiger partial charge on any atom is -0.293 e. The molecule has 0 aliphatic carbocycles. The van der Waals surface area contributed by atoms with Crippen molar-refractivity contribution in [3.63, 3.8) is 0 Å². The number of thioether (sulfide) groups is 1. The molecule has 0 N–H and O–H groups in total. The highest BCUT2D eigenvalue weighted by Crippen LogP contribution is 2.27. The van der Waals surface area contributed by atoms with E-state index in [4.69, 9.17) is 0 Å². The molecule has 8 nitrogen and oxygen atoms in total. The highest BCUT2D eigenvalue weighted by atomic mass is 32.2. The molecule has 0 saturated carbocycles. The van der Waals surface area contributed by atoms with Crippen LogP contribution in [0.5, 0.6) is 0 Å². The number of hydrogen-bond donors (Lipinski definition) is 0. The van der Waals surface area contributed by atoms with Gasteiger partial charge in [-0.1, -0.05) is 23.9 Å². The zero-order chi connectivity index (χ0) is 22.9. The molecule has 0 amide bonds. The van der Waals surface area contributed by atoms with Crippen molar-refractivity contribution in [1.29, 1.82) is 0 Å². The number of carbonyl (C=O) groups is 1. The molecule has 0 aliphatic heterocycles. The van der Waals surface area contributed by atoms with E-state index in [1.165, 1.54) is 48.2 Å². The predicted molar refractivity (Wildman–Crippen MR) is 122 cm³/mol. The normalized spacial score (nSPS) is 11.2. The molecule has 5 rings (SSSR count). The van der Waals surface area contributed by atoms with Crippen molar-refractivity contribution in [1.82, 2.24) is 19.6 Å². The van der Waals surface area contributed by atoms with Gasteiger partial charge in [-0.2, -0.15) is 4.52 Å². The molecular weight excluding hydrogens is 445 g/mol. The number of halogens is 1. The molecule has 0 bridgehead atoms. The number of ketones is 1. The molecule has 0 spiro atoms. The first-order valence-corrected chi connectivity index (χ1v) is 10.8. The van der Waals surface area contributed by atoms with E-state index in [-0.39, 0.29) is 17.2 Å². The van der Waals surface area contributed by atoms with Crippen LogP contribution in [0.15, 0.2) is 78.0 Å². The minimum absolute atomic E-state index is 0.0230. The van der Waals surface area contributed by atoms with Crippen molar-refractivity contribution < 1.29 is 14.1 Å². The second-order valence-corrected chi connectivity index (χ2v) is 8.05. The molecule has 0 unspecified atom stereocenters. The lowest BCUT2D eigenvalue weighted by molar-refractivity contribution is -0.384. The molecule has 2 aromatic heterocycles. The van der Waals surface area contributed by atoms with Crippen LogP contribution >= 0.6 is 11.8 Å². The lowest BCUT2D eigenvalue weighted by Gasteiger charge is -2.06. The maximum atomic E-state index is 13.1. The standard InChI is InChI=1S/C23H14FN5O3S/c24-16-9-5-14(6-10-16)20(30)13-33-23-25-19-4-2-1-3-18(19)22-26-21(27-28(22)23)15-7-11-17(12-8-15)29(31)32/h1-12H,13H2. The zero-order valence-electron chi connectivity index (χ0n) is 16.9. The van der Waals surface area contributed by atoms with Crippen LogP contribution in [-0.2, 0) is 0 Å². The number of Topliss-reactive ketones (excluding diaryl/α,β-unsaturated/α-hetero) is 1. The fourth-order valence-corrected chi connectivity index (χ4v) is 4.17. The van der Waals surface area contributed by atoms with Crippen LogP contribution < -0.4 is 0 Å². The van der Waals surface area contributed by atoms with Gasteiger partial charge in [0, 0.05) is 28.6 Å². The van der Waals surface area contributed by atoms with Gasteiger partial charge in [-0.3, -0.25) is 14.9 Å². The molecule has 2 heterocycles. The topological polar surface area (TPSA) is 103 Å². The molecule has 0 saturated heterocycles. The van der Waals surface area contributed by atoms with E-state index in [0.29, 0.717) is 33.3 Å². The largest absolute Gasteiger partial charge is 0.293 e. The van der Waals surface area contributed by atoms with Gasteiger partial charge in [0.15, 0.2) is 22.4 Å². The van der Waals surface area contributed by atoms with Crippen LogP contribution in [0.25, 0.3) is 27.9 Å². The summed E-state index contributed by atoms with van der Waals surface area (Å²) < 4.78 is 14.7. The zero-order valence-corrected chi connectivity index (χ0v) is 17.7. The Kier molecular flexibility index (Phi) is 5.27. The van der Waals surface area contributed by atoms with Gasteiger partial charge < -0.3 is 0 Å². The quantitative estimate of drug-likeness (QED) is 0.116. The van der Waals surface area contributed by atoms with Gasteiger partial charge in [-0.05, 0) is 48.5 Å². The van der Waals surface area contributed by atoms with Gasteiger partial charge in [0.25, 0.3) is 5.69 Å². The van der Waals surface area contributed by atoms with Crippen molar-refractivity contribution in [3.8, 4) is 11.4 Å². The monoisotopic (exact) mass is 459 g/mol. The van der Waals surface area contributed by atoms with E-state index in [1.54, 1.807) is 16.6 Å². The van der Waals surface area contributed by atoms with Gasteiger partial charge in [-0.15, -0.1) is 5.10 Å². The number of benzene rings is 3. The number of carbonyl (C=O) groups excluding carboxylic acids is 1. The third-order valence-electron chi connectivity index (χ3n) is 4.98. The summed E-state index contributed by atoms with van der Waals surface area (Å²) in [5, 5.41) is 16.8. The summed E-state index contributed by atoms with van der Waals surface area (Å²) >= 11 is 1.20. The number of hydrogen-bond acceptors (Lipinski definition) is 7. The average molecular weight is 459 g/mol. The minimum atomic E-state index is -0.467. The van der Waals surface area contributed by atoms with E-state index < -0.39 is 10.7 Å². The molecular formula is C23H14FN5O3S. The second kappa shape index (κ2) is 8.40. The number of nitro groups is 1. The van der Waals surface area contributed by atoms with E-state index in [9.17, 15) is 19.3 Å². The Labute approximate surface area is 190 Å². The van der Waals surface area contributed by atoms with Gasteiger partial charge in [0.2, 0.25) is 0 Å². The van der Waals surface area contributed by atoms with Gasteiger partial charge >= 0.3 is 0 Å². The lowest BCUT2D eigenvalue weighted by Crippen LogP contribution is -2.05. The lowest BCUT2D eigenvalue weighted by atomic mass is 10.1. The molecule has 162 valence electrons. The first-order valence-electron chi connectivity index (χ1n) is 9.81. The summed E-state index contributed by atoms with van der Waals surface area (Å²) in [7, 11) is 0. The predicted octanol–water partition coefficient (Wildman–Crippen LogP) is 4.97. The Morgan fingerprint density at radius 1 is 1.00 bits per heavy atom. The molecule has 3 aromatic carbocycles. The van der Waals surface area contributed by atoms with E-state index >= 15 is 0 Å². The Morgan fingerprint density at radius 2 is 1.73 bits per heavy atom. The Balaban J connectivity index is 1.54. The highest BCUT2D eigenvalue weighted by Gasteiger charge is 2.17. The highest BCUT2D eigenvalue weighted by molar-refractivity contribution is 7.99. The van der Waals surface area contributed by atoms with E-state index in [2.05, 4.69) is 15.1 Å². The van der Waals surface area contributed by atoms with Crippen LogP contribution in [0.3, 0.4) is 0 Å². The molecule has 5 aromatic rings. The van der Waals surface area contributed by atoms with Crippen LogP contribution in [0.1, 0.15) is 10.4 Å². The smallest absolute Gasteiger partial charge is 0.269 e. The number of fused-ring (bicyclic) bond motifs is 3. The van der Waals surface area contributed by atoms with Crippen molar-refractivity contribution in [2.45, 2.75) is 5.16 Å². The number of non-ortho nitro benzene ring substituents is 1. The Hall–Kier alpha value is -4.18. The summed E-state index contributed by atoms with van der Waals surface area (Å²) in [5.74, 6) is -0.106. The molecule has 0 radical (unpaired) electrons. The fourth-order valence-electron chi connectivity index (χ4n) is 3.33. The van der Waals surface area contributed by atoms with Gasteiger partial charge in [0.05, 0.1) is 16.2 Å². The summed E-state index contributed by atoms with van der Waals surface area (Å²) in [5.41, 5.74) is 2.26. The number of aromatic nitrogens is 4. The van der Waals surface area contributed by atoms with Crippen LogP contribution in [0, 0.1) is 15.9 Å². The van der Waals surface area contributed by atoms with E-state index in [1.807, 2.05) is 24.3 Å². The van der Waals surface area contributed by atoms with E-state index in [0.717, 1.165) is 5.39 Å². The third-order valence-corrected chi connectivity index (χ3v) is 5.91. The molecule has 10 heteroatoms. The molecule has 33 heavy (non-hydrogen) atoms. The fraction of sp³-hybridized carbons (Fsp3) is 0.0435. The Bertz CT molecular complexity index is 1520. The first kappa shape index (κ1) is 20.7. The third kappa shape index (κ3) is 4.03. The Morgan fingerprint density at radius 3 is 2.45 bits per heavy atom. The average Bonchev–Trinajstić information content (AvgIpc) is 3.29. The van der Waals surface area contributed by atoms with Crippen molar-refractivity contribution in [2.24, 2.45) is 0 Å². The van der Waals surface area contributed by atoms with Crippen molar-refractivity contribution >= 4 is 39.8 Å². The number of rotatable bonds is 6. The van der Waals surface area contributed by atoms with Crippen LogP contribution in [0.2, 0.25) is 0 Å². The first-order chi connectivity index (χ1) is 16.0. The molecule has 0 fully saturated rings. The number of para-hydroxylation sites is 1. The van der Waals surface area contributed by atoms with Gasteiger partial charge in [-0.25, -0.2) is 14.4 Å². The number of nitro benzene ring substituents is 1.